The molecule has 0 amide bonds. The van der Waals surface area contributed by atoms with Crippen molar-refractivity contribution in [1.82, 2.24) is 4.31 Å². The van der Waals surface area contributed by atoms with Gasteiger partial charge in [-0.15, -0.1) is 0 Å². The lowest BCUT2D eigenvalue weighted by atomic mass is 10.00. The molecular formula is C18H18N2O4S. The van der Waals surface area contributed by atoms with E-state index in [0.717, 1.165) is 9.87 Å². The molecule has 6 nitrogen and oxygen atoms in total. The number of methoxy groups -OCH3 is 1. The van der Waals surface area contributed by atoms with E-state index >= 15 is 0 Å². The summed E-state index contributed by atoms with van der Waals surface area (Å²) < 4.78 is 32.0. The molecular weight excluding hydrogens is 340 g/mol. The highest BCUT2D eigenvalue weighted by Gasteiger charge is 2.43. The third kappa shape index (κ3) is 3.15. The number of sulfonamides is 1. The number of hydrogen-bond acceptors (Lipinski definition) is 5. The highest BCUT2D eigenvalue weighted by molar-refractivity contribution is 7.89. The van der Waals surface area contributed by atoms with Crippen LogP contribution in [-0.2, 0) is 19.6 Å². The number of esters is 1. The molecule has 2 atom stereocenters. The number of carbonyl (C=O) groups is 1. The smallest absolute Gasteiger partial charge is 0.333 e. The third-order valence-corrected chi connectivity index (χ3v) is 5.84. The van der Waals surface area contributed by atoms with Gasteiger partial charge in [0.15, 0.2) is 6.04 Å². The van der Waals surface area contributed by atoms with Crippen LogP contribution in [0.3, 0.4) is 0 Å². The zero-order valence-corrected chi connectivity index (χ0v) is 14.7. The van der Waals surface area contributed by atoms with Gasteiger partial charge in [-0.25, -0.2) is 17.5 Å². The Morgan fingerprint density at radius 1 is 1.08 bits per heavy atom. The summed E-state index contributed by atoms with van der Waals surface area (Å²) in [6.45, 7) is 1.94. The summed E-state index contributed by atoms with van der Waals surface area (Å²) in [5, 5.41) is 0. The van der Waals surface area contributed by atoms with Crippen LogP contribution in [0.2, 0.25) is 0 Å². The van der Waals surface area contributed by atoms with E-state index in [4.69, 9.17) is 4.74 Å². The quantitative estimate of drug-likeness (QED) is 0.786. The Morgan fingerprint density at radius 3 is 2.32 bits per heavy atom. The van der Waals surface area contributed by atoms with Crippen LogP contribution in [0.25, 0.3) is 0 Å². The average molecular weight is 358 g/mol. The fourth-order valence-corrected chi connectivity index (χ4v) is 4.22. The van der Waals surface area contributed by atoms with Gasteiger partial charge in [-0.1, -0.05) is 48.0 Å². The average Bonchev–Trinajstić information content (AvgIpc) is 3.08. The van der Waals surface area contributed by atoms with Gasteiger partial charge in [0.1, 0.15) is 12.4 Å². The van der Waals surface area contributed by atoms with Crippen molar-refractivity contribution >= 4 is 22.3 Å². The zero-order chi connectivity index (χ0) is 18.0. The summed E-state index contributed by atoms with van der Waals surface area (Å²) in [7, 11) is -2.58. The molecule has 130 valence electrons. The van der Waals surface area contributed by atoms with Crippen molar-refractivity contribution in [2.45, 2.75) is 23.9 Å². The van der Waals surface area contributed by atoms with Crippen LogP contribution in [0.1, 0.15) is 17.2 Å². The van der Waals surface area contributed by atoms with Crippen LogP contribution in [-0.4, -0.2) is 38.2 Å². The third-order valence-electron chi connectivity index (χ3n) is 4.09. The number of ether oxygens (including phenoxy) is 1. The molecule has 2 aromatic rings. The molecule has 1 aliphatic rings. The summed E-state index contributed by atoms with van der Waals surface area (Å²) in [6, 6.07) is 13.7. The van der Waals surface area contributed by atoms with Gasteiger partial charge in [-0.2, -0.15) is 0 Å². The van der Waals surface area contributed by atoms with E-state index in [-0.39, 0.29) is 4.90 Å². The minimum absolute atomic E-state index is 0.143. The summed E-state index contributed by atoms with van der Waals surface area (Å²) in [4.78, 5) is 16.4. The van der Waals surface area contributed by atoms with Gasteiger partial charge in [0, 0.05) is 0 Å². The normalized spacial score (nSPS) is 19.8. The van der Waals surface area contributed by atoms with E-state index in [0.29, 0.717) is 5.56 Å². The maximum atomic E-state index is 13.0. The Hall–Kier alpha value is -2.67. The molecule has 25 heavy (non-hydrogen) atoms. The molecule has 0 saturated carbocycles. The molecule has 0 saturated heterocycles. The first kappa shape index (κ1) is 17.2. The minimum atomic E-state index is -3.84. The lowest BCUT2D eigenvalue weighted by Gasteiger charge is -2.27. The number of aryl methyl sites for hydroxylation is 1. The standard InChI is InChI=1S/C18H18N2O4S/c1-13-8-10-14(11-9-13)17-16(18(21)24-2)19-12-20(17)25(22,23)15-6-4-3-5-7-15/h3-12,16-17H,1-2H3/t16-,17+/m0/s1. The number of carbonyl (C=O) groups excluding carboxylic acids is 1. The van der Waals surface area contributed by atoms with Crippen LogP contribution in [0.4, 0.5) is 0 Å². The topological polar surface area (TPSA) is 76.0 Å². The first-order chi connectivity index (χ1) is 11.9. The molecule has 0 aliphatic carbocycles. The van der Waals surface area contributed by atoms with Gasteiger partial charge in [0.2, 0.25) is 0 Å². The van der Waals surface area contributed by atoms with E-state index in [1.807, 2.05) is 19.1 Å². The van der Waals surface area contributed by atoms with Crippen molar-refractivity contribution in [3.63, 3.8) is 0 Å². The Labute approximate surface area is 146 Å². The molecule has 2 aromatic carbocycles. The van der Waals surface area contributed by atoms with Gasteiger partial charge < -0.3 is 4.74 Å². The second-order valence-electron chi connectivity index (χ2n) is 5.74. The van der Waals surface area contributed by atoms with Gasteiger partial charge in [-0.05, 0) is 24.6 Å². The highest BCUT2D eigenvalue weighted by atomic mass is 32.2. The Kier molecular flexibility index (Phi) is 4.59. The van der Waals surface area contributed by atoms with Gasteiger partial charge in [-0.3, -0.25) is 4.99 Å². The predicted molar refractivity (Wildman–Crippen MR) is 93.7 cm³/mol. The molecule has 0 bridgehead atoms. The molecule has 1 aliphatic heterocycles. The summed E-state index contributed by atoms with van der Waals surface area (Å²) in [6.07, 6.45) is 1.20. The number of hydrogen-bond donors (Lipinski definition) is 0. The molecule has 0 radical (unpaired) electrons. The van der Waals surface area contributed by atoms with Crippen molar-refractivity contribution in [3.05, 3.63) is 65.7 Å². The molecule has 1 heterocycles. The minimum Gasteiger partial charge on any atom is -0.467 e. The molecule has 0 spiro atoms. The maximum absolute atomic E-state index is 13.0. The van der Waals surface area contributed by atoms with Crippen LogP contribution in [0, 0.1) is 6.92 Å². The van der Waals surface area contributed by atoms with Crippen LogP contribution in [0.15, 0.2) is 64.5 Å². The van der Waals surface area contributed by atoms with Gasteiger partial charge >= 0.3 is 5.97 Å². The summed E-state index contributed by atoms with van der Waals surface area (Å²) >= 11 is 0. The lowest BCUT2D eigenvalue weighted by molar-refractivity contribution is -0.142. The molecule has 7 heteroatoms. The van der Waals surface area contributed by atoms with E-state index < -0.39 is 28.1 Å². The number of rotatable bonds is 4. The summed E-state index contributed by atoms with van der Waals surface area (Å²) in [5.74, 6) is -0.576. The van der Waals surface area contributed by atoms with Crippen molar-refractivity contribution in [2.75, 3.05) is 7.11 Å². The molecule has 0 unspecified atom stereocenters. The number of benzene rings is 2. The van der Waals surface area contributed by atoms with Crippen molar-refractivity contribution < 1.29 is 17.9 Å². The predicted octanol–water partition coefficient (Wildman–Crippen LogP) is 2.31. The molecule has 0 fully saturated rings. The maximum Gasteiger partial charge on any atom is 0.333 e. The first-order valence-electron chi connectivity index (χ1n) is 7.71. The lowest BCUT2D eigenvalue weighted by Crippen LogP contribution is -2.37. The van der Waals surface area contributed by atoms with Gasteiger partial charge in [0.25, 0.3) is 10.0 Å². The van der Waals surface area contributed by atoms with Crippen LogP contribution < -0.4 is 0 Å². The van der Waals surface area contributed by atoms with Gasteiger partial charge in [0.05, 0.1) is 12.0 Å². The largest absolute Gasteiger partial charge is 0.467 e. The monoisotopic (exact) mass is 358 g/mol. The SMILES string of the molecule is COC(=O)[C@H]1N=CN(S(=O)(=O)c2ccccc2)[C@@H]1c1ccc(C)cc1. The van der Waals surface area contributed by atoms with E-state index in [1.165, 1.54) is 25.6 Å². The van der Waals surface area contributed by atoms with E-state index in [1.54, 1.807) is 30.3 Å². The fourth-order valence-electron chi connectivity index (χ4n) is 2.76. The van der Waals surface area contributed by atoms with Crippen LogP contribution in [0.5, 0.6) is 0 Å². The van der Waals surface area contributed by atoms with E-state index in [9.17, 15) is 13.2 Å². The molecule has 3 rings (SSSR count). The Bertz CT molecular complexity index is 892. The zero-order valence-electron chi connectivity index (χ0n) is 13.9. The number of nitrogens with zero attached hydrogens (tertiary/aromatic N) is 2. The molecule has 0 aromatic heterocycles. The van der Waals surface area contributed by atoms with Crippen molar-refractivity contribution in [1.29, 1.82) is 0 Å². The Morgan fingerprint density at radius 2 is 1.72 bits per heavy atom. The molecule has 0 N–H and O–H groups in total. The van der Waals surface area contributed by atoms with E-state index in [2.05, 4.69) is 4.99 Å². The highest BCUT2D eigenvalue weighted by Crippen LogP contribution is 2.35. The second kappa shape index (κ2) is 6.68. The van der Waals surface area contributed by atoms with Crippen molar-refractivity contribution in [3.8, 4) is 0 Å². The second-order valence-corrected chi connectivity index (χ2v) is 7.58. The van der Waals surface area contributed by atoms with Crippen LogP contribution >= 0.6 is 0 Å². The summed E-state index contributed by atoms with van der Waals surface area (Å²) in [5.41, 5.74) is 1.72. The first-order valence-corrected chi connectivity index (χ1v) is 9.15. The Balaban J connectivity index is 2.07. The van der Waals surface area contributed by atoms with Crippen molar-refractivity contribution in [2.24, 2.45) is 4.99 Å². The fraction of sp³-hybridized carbons (Fsp3) is 0.222. The number of aliphatic imine (C=N–C) groups is 1.